The van der Waals surface area contributed by atoms with Crippen molar-refractivity contribution in [2.24, 2.45) is 5.92 Å². The van der Waals surface area contributed by atoms with Crippen molar-refractivity contribution >= 4 is 21.4 Å². The summed E-state index contributed by atoms with van der Waals surface area (Å²) in [7, 11) is -2.82. The van der Waals surface area contributed by atoms with E-state index in [0.29, 0.717) is 18.2 Å². The Hall–Kier alpha value is 0.200. The van der Waals surface area contributed by atoms with Gasteiger partial charge in [-0.15, -0.1) is 11.6 Å². The summed E-state index contributed by atoms with van der Waals surface area (Å²) in [6.07, 6.45) is 2.19. The van der Waals surface area contributed by atoms with E-state index >= 15 is 0 Å². The van der Waals surface area contributed by atoms with Crippen LogP contribution in [-0.2, 0) is 9.84 Å². The molecule has 3 nitrogen and oxygen atoms in total. The first-order valence-corrected chi connectivity index (χ1v) is 8.27. The number of rotatable bonds is 5. The van der Waals surface area contributed by atoms with Crippen LogP contribution in [0, 0.1) is 5.92 Å². The molecule has 0 aliphatic carbocycles. The normalized spacial score (nSPS) is 22.2. The summed E-state index contributed by atoms with van der Waals surface area (Å²) in [6, 6.07) is 0. The molecule has 1 heterocycles. The molecule has 0 bridgehead atoms. The van der Waals surface area contributed by atoms with Gasteiger partial charge in [-0.25, -0.2) is 8.42 Å². The minimum atomic E-state index is -2.82. The van der Waals surface area contributed by atoms with Gasteiger partial charge in [0.05, 0.1) is 5.75 Å². The molecule has 1 rings (SSSR count). The second-order valence-electron chi connectivity index (χ2n) is 4.59. The van der Waals surface area contributed by atoms with Crippen molar-refractivity contribution in [2.45, 2.75) is 32.1 Å². The third-order valence-corrected chi connectivity index (χ3v) is 5.48. The quantitative estimate of drug-likeness (QED) is 0.713. The van der Waals surface area contributed by atoms with Gasteiger partial charge in [0.2, 0.25) is 0 Å². The number of halogens is 1. The molecule has 16 heavy (non-hydrogen) atoms. The van der Waals surface area contributed by atoms with Crippen LogP contribution in [0.4, 0.5) is 0 Å². The summed E-state index contributed by atoms with van der Waals surface area (Å²) in [5, 5.41) is 0.238. The van der Waals surface area contributed by atoms with E-state index < -0.39 is 9.84 Å². The van der Waals surface area contributed by atoms with Gasteiger partial charge in [0.1, 0.15) is 0 Å². The molecule has 96 valence electrons. The molecule has 1 fully saturated rings. The predicted molar refractivity (Wildman–Crippen MR) is 68.8 cm³/mol. The second-order valence-corrected chi connectivity index (χ2v) is 7.75. The highest BCUT2D eigenvalue weighted by atomic mass is 35.5. The number of piperidine rings is 1. The zero-order valence-electron chi connectivity index (χ0n) is 10.2. The smallest absolute Gasteiger partial charge is 0.151 e. The molecule has 1 aliphatic rings. The van der Waals surface area contributed by atoms with Gasteiger partial charge >= 0.3 is 0 Å². The molecular formula is C11H22ClNO2S. The monoisotopic (exact) mass is 267 g/mol. The van der Waals surface area contributed by atoms with Crippen LogP contribution in [0.2, 0.25) is 0 Å². The Kier molecular flexibility index (Phi) is 5.54. The summed E-state index contributed by atoms with van der Waals surface area (Å²) in [6.45, 7) is 6.40. The maximum Gasteiger partial charge on any atom is 0.151 e. The average molecular weight is 268 g/mol. The maximum atomic E-state index is 11.4. The van der Waals surface area contributed by atoms with Crippen LogP contribution < -0.4 is 0 Å². The van der Waals surface area contributed by atoms with Crippen LogP contribution in [0.15, 0.2) is 0 Å². The van der Waals surface area contributed by atoms with Gasteiger partial charge in [-0.05, 0) is 38.8 Å². The number of nitrogens with zero attached hydrogens (tertiary/aromatic N) is 1. The van der Waals surface area contributed by atoms with Gasteiger partial charge in [0, 0.05) is 17.7 Å². The lowest BCUT2D eigenvalue weighted by atomic mass is 9.94. The van der Waals surface area contributed by atoms with Crippen LogP contribution >= 0.6 is 11.6 Å². The van der Waals surface area contributed by atoms with E-state index in [2.05, 4.69) is 4.90 Å². The van der Waals surface area contributed by atoms with Crippen LogP contribution in [0.1, 0.15) is 26.7 Å². The Morgan fingerprint density at radius 3 is 2.38 bits per heavy atom. The zero-order chi connectivity index (χ0) is 12.2. The van der Waals surface area contributed by atoms with Gasteiger partial charge in [-0.1, -0.05) is 6.92 Å². The molecule has 0 radical (unpaired) electrons. The highest BCUT2D eigenvalue weighted by molar-refractivity contribution is 7.91. The Labute approximate surface area is 104 Å². The molecule has 0 amide bonds. The second kappa shape index (κ2) is 6.22. The third-order valence-electron chi connectivity index (χ3n) is 3.44. The van der Waals surface area contributed by atoms with E-state index in [1.54, 1.807) is 6.92 Å². The number of likely N-dealkylation sites (tertiary alicyclic amines) is 1. The Morgan fingerprint density at radius 2 is 1.94 bits per heavy atom. The molecule has 0 saturated carbocycles. The number of hydrogen-bond donors (Lipinski definition) is 0. The molecular weight excluding hydrogens is 246 g/mol. The van der Waals surface area contributed by atoms with Crippen LogP contribution in [0.3, 0.4) is 0 Å². The molecule has 1 aliphatic heterocycles. The zero-order valence-corrected chi connectivity index (χ0v) is 11.7. The van der Waals surface area contributed by atoms with Gasteiger partial charge in [0.25, 0.3) is 0 Å². The Bertz CT molecular complexity index is 295. The predicted octanol–water partition coefficient (Wildman–Crippen LogP) is 1.76. The lowest BCUT2D eigenvalue weighted by molar-refractivity contribution is 0.192. The van der Waals surface area contributed by atoms with Gasteiger partial charge in [-0.2, -0.15) is 0 Å². The third kappa shape index (κ3) is 4.60. The van der Waals surface area contributed by atoms with Gasteiger partial charge in [-0.3, -0.25) is 0 Å². The Balaban J connectivity index is 2.28. The maximum absolute atomic E-state index is 11.4. The first kappa shape index (κ1) is 14.3. The number of alkyl halides is 1. The molecule has 1 unspecified atom stereocenters. The molecule has 0 aromatic rings. The first-order valence-electron chi connectivity index (χ1n) is 6.01. The van der Waals surface area contributed by atoms with Gasteiger partial charge < -0.3 is 4.90 Å². The van der Waals surface area contributed by atoms with E-state index in [1.807, 2.05) is 6.92 Å². The molecule has 1 atom stereocenters. The van der Waals surface area contributed by atoms with Crippen molar-refractivity contribution < 1.29 is 8.42 Å². The molecule has 0 aromatic carbocycles. The summed E-state index contributed by atoms with van der Waals surface area (Å²) in [5.41, 5.74) is 0. The summed E-state index contributed by atoms with van der Waals surface area (Å²) in [4.78, 5) is 2.24. The fraction of sp³-hybridized carbons (Fsp3) is 1.00. The lowest BCUT2D eigenvalue weighted by Gasteiger charge is -2.32. The van der Waals surface area contributed by atoms with E-state index in [-0.39, 0.29) is 11.1 Å². The fourth-order valence-corrected chi connectivity index (χ4v) is 3.13. The Morgan fingerprint density at radius 1 is 1.38 bits per heavy atom. The topological polar surface area (TPSA) is 37.4 Å². The fourth-order valence-electron chi connectivity index (χ4n) is 2.05. The van der Waals surface area contributed by atoms with Crippen molar-refractivity contribution in [3.05, 3.63) is 0 Å². The first-order chi connectivity index (χ1) is 7.44. The molecule has 0 aromatic heterocycles. The van der Waals surface area contributed by atoms with E-state index in [9.17, 15) is 8.42 Å². The lowest BCUT2D eigenvalue weighted by Crippen LogP contribution is -2.38. The van der Waals surface area contributed by atoms with Crippen LogP contribution in [0.5, 0.6) is 0 Å². The van der Waals surface area contributed by atoms with Crippen molar-refractivity contribution in [3.8, 4) is 0 Å². The molecule has 0 spiro atoms. The van der Waals surface area contributed by atoms with E-state index in [0.717, 1.165) is 25.9 Å². The highest BCUT2D eigenvalue weighted by Crippen LogP contribution is 2.23. The summed E-state index contributed by atoms with van der Waals surface area (Å²) < 4.78 is 22.7. The van der Waals surface area contributed by atoms with Crippen molar-refractivity contribution in [1.82, 2.24) is 4.90 Å². The average Bonchev–Trinajstić information content (AvgIpc) is 2.27. The largest absolute Gasteiger partial charge is 0.302 e. The standard InChI is InChI=1S/C11H22ClNO2S/c1-3-16(14,15)9-8-13-6-4-11(5-7-13)10(2)12/h10-11H,3-9H2,1-2H3. The van der Waals surface area contributed by atoms with E-state index in [4.69, 9.17) is 11.6 Å². The summed E-state index contributed by atoms with van der Waals surface area (Å²) in [5.74, 6) is 1.15. The minimum absolute atomic E-state index is 0.238. The number of hydrogen-bond acceptors (Lipinski definition) is 3. The van der Waals surface area contributed by atoms with Crippen LogP contribution in [0.25, 0.3) is 0 Å². The molecule has 1 saturated heterocycles. The molecule has 5 heteroatoms. The highest BCUT2D eigenvalue weighted by Gasteiger charge is 2.23. The van der Waals surface area contributed by atoms with Crippen molar-refractivity contribution in [3.63, 3.8) is 0 Å². The minimum Gasteiger partial charge on any atom is -0.302 e. The molecule has 0 N–H and O–H groups in total. The van der Waals surface area contributed by atoms with Crippen molar-refractivity contribution in [2.75, 3.05) is 31.1 Å². The van der Waals surface area contributed by atoms with Gasteiger partial charge in [0.15, 0.2) is 9.84 Å². The summed E-state index contributed by atoms with van der Waals surface area (Å²) >= 11 is 6.06. The van der Waals surface area contributed by atoms with Crippen LogP contribution in [-0.4, -0.2) is 49.8 Å². The van der Waals surface area contributed by atoms with E-state index in [1.165, 1.54) is 0 Å². The number of sulfone groups is 1. The van der Waals surface area contributed by atoms with Crippen molar-refractivity contribution in [1.29, 1.82) is 0 Å². The SMILES string of the molecule is CCS(=O)(=O)CCN1CCC(C(C)Cl)CC1.